The number of carbonyl (C=O) groups excluding carboxylic acids is 1. The standard InChI is InChI=1S/C11H10N2O3/c1-7-12-9(8-3-4-16-6-8)5-10(13-7)11(14)15-2/h3-6H,1-2H3. The van der Waals surface area contributed by atoms with Crippen LogP contribution in [0.2, 0.25) is 0 Å². The van der Waals surface area contributed by atoms with E-state index in [1.807, 2.05) is 0 Å². The third-order valence-electron chi connectivity index (χ3n) is 2.05. The predicted molar refractivity (Wildman–Crippen MR) is 55.8 cm³/mol. The molecule has 0 saturated heterocycles. The Kier molecular flexibility index (Phi) is 2.68. The Morgan fingerprint density at radius 3 is 2.88 bits per heavy atom. The van der Waals surface area contributed by atoms with Crippen LogP contribution in [0, 0.1) is 6.92 Å². The molecule has 2 heterocycles. The molecular formula is C11H10N2O3. The molecule has 5 heteroatoms. The van der Waals surface area contributed by atoms with Crippen molar-refractivity contribution < 1.29 is 13.9 Å². The van der Waals surface area contributed by atoms with E-state index in [1.165, 1.54) is 7.11 Å². The van der Waals surface area contributed by atoms with E-state index in [0.29, 0.717) is 11.5 Å². The van der Waals surface area contributed by atoms with Crippen LogP contribution in [0.25, 0.3) is 11.3 Å². The van der Waals surface area contributed by atoms with E-state index in [4.69, 9.17) is 4.42 Å². The average Bonchev–Trinajstić information content (AvgIpc) is 2.80. The van der Waals surface area contributed by atoms with Crippen LogP contribution < -0.4 is 0 Å². The maximum absolute atomic E-state index is 11.4. The first-order valence-corrected chi connectivity index (χ1v) is 4.67. The molecule has 0 unspecified atom stereocenters. The van der Waals surface area contributed by atoms with Gasteiger partial charge in [0.25, 0.3) is 0 Å². The van der Waals surface area contributed by atoms with E-state index < -0.39 is 5.97 Å². The summed E-state index contributed by atoms with van der Waals surface area (Å²) in [6.45, 7) is 1.72. The highest BCUT2D eigenvalue weighted by molar-refractivity contribution is 5.88. The quantitative estimate of drug-likeness (QED) is 0.719. The van der Waals surface area contributed by atoms with Gasteiger partial charge < -0.3 is 9.15 Å². The van der Waals surface area contributed by atoms with Crippen LogP contribution in [0.5, 0.6) is 0 Å². The molecule has 2 aromatic rings. The molecule has 0 amide bonds. The fraction of sp³-hybridized carbons (Fsp3) is 0.182. The zero-order valence-corrected chi connectivity index (χ0v) is 8.93. The highest BCUT2D eigenvalue weighted by atomic mass is 16.5. The second-order valence-corrected chi connectivity index (χ2v) is 3.19. The van der Waals surface area contributed by atoms with Crippen LogP contribution in [0.4, 0.5) is 0 Å². The highest BCUT2D eigenvalue weighted by Crippen LogP contribution is 2.18. The minimum atomic E-state index is -0.477. The summed E-state index contributed by atoms with van der Waals surface area (Å²) in [5.74, 6) is 0.0364. The average molecular weight is 218 g/mol. The third-order valence-corrected chi connectivity index (χ3v) is 2.05. The van der Waals surface area contributed by atoms with Crippen molar-refractivity contribution >= 4 is 5.97 Å². The van der Waals surface area contributed by atoms with Crippen molar-refractivity contribution in [1.29, 1.82) is 0 Å². The van der Waals surface area contributed by atoms with Crippen molar-refractivity contribution in [1.82, 2.24) is 9.97 Å². The molecule has 2 aromatic heterocycles. The Bertz CT molecular complexity index is 506. The molecule has 0 spiro atoms. The largest absolute Gasteiger partial charge is 0.472 e. The zero-order chi connectivity index (χ0) is 11.5. The minimum absolute atomic E-state index is 0.242. The van der Waals surface area contributed by atoms with Crippen molar-refractivity contribution in [2.24, 2.45) is 0 Å². The molecule has 82 valence electrons. The number of nitrogens with zero attached hydrogens (tertiary/aromatic N) is 2. The van der Waals surface area contributed by atoms with Gasteiger partial charge in [0.1, 0.15) is 5.82 Å². The second-order valence-electron chi connectivity index (χ2n) is 3.19. The number of hydrogen-bond acceptors (Lipinski definition) is 5. The fourth-order valence-electron chi connectivity index (χ4n) is 1.33. The summed E-state index contributed by atoms with van der Waals surface area (Å²) in [5.41, 5.74) is 1.68. The molecule has 0 bridgehead atoms. The number of furan rings is 1. The smallest absolute Gasteiger partial charge is 0.356 e. The van der Waals surface area contributed by atoms with Crippen molar-refractivity contribution in [2.45, 2.75) is 6.92 Å². The Balaban J connectivity index is 2.48. The summed E-state index contributed by atoms with van der Waals surface area (Å²) in [6, 6.07) is 3.34. The van der Waals surface area contributed by atoms with E-state index in [-0.39, 0.29) is 5.69 Å². The first-order chi connectivity index (χ1) is 7.70. The van der Waals surface area contributed by atoms with Crippen LogP contribution in [0.3, 0.4) is 0 Å². The topological polar surface area (TPSA) is 65.2 Å². The number of hydrogen-bond donors (Lipinski definition) is 0. The fourth-order valence-corrected chi connectivity index (χ4v) is 1.33. The molecular weight excluding hydrogens is 208 g/mol. The molecule has 5 nitrogen and oxygen atoms in total. The van der Waals surface area contributed by atoms with Gasteiger partial charge in [-0.15, -0.1) is 0 Å². The summed E-state index contributed by atoms with van der Waals surface area (Å²) in [4.78, 5) is 19.6. The molecule has 0 aliphatic carbocycles. The van der Waals surface area contributed by atoms with Gasteiger partial charge in [-0.3, -0.25) is 0 Å². The molecule has 0 aliphatic rings. The molecule has 2 rings (SSSR count). The minimum Gasteiger partial charge on any atom is -0.472 e. The summed E-state index contributed by atoms with van der Waals surface area (Å²) in [7, 11) is 1.32. The van der Waals surface area contributed by atoms with E-state index in [9.17, 15) is 4.79 Å². The summed E-state index contributed by atoms with van der Waals surface area (Å²) >= 11 is 0. The van der Waals surface area contributed by atoms with Gasteiger partial charge in [0.2, 0.25) is 0 Å². The Morgan fingerprint density at radius 1 is 1.44 bits per heavy atom. The number of aryl methyl sites for hydroxylation is 1. The van der Waals surface area contributed by atoms with Gasteiger partial charge in [0.05, 0.1) is 25.3 Å². The van der Waals surface area contributed by atoms with Crippen LogP contribution in [-0.2, 0) is 4.74 Å². The molecule has 0 atom stereocenters. The third kappa shape index (κ3) is 1.93. The van der Waals surface area contributed by atoms with Crippen molar-refractivity contribution in [3.63, 3.8) is 0 Å². The van der Waals surface area contributed by atoms with Gasteiger partial charge in [0, 0.05) is 5.56 Å². The molecule has 16 heavy (non-hydrogen) atoms. The lowest BCUT2D eigenvalue weighted by Crippen LogP contribution is -2.06. The maximum Gasteiger partial charge on any atom is 0.356 e. The maximum atomic E-state index is 11.4. The summed E-state index contributed by atoms with van der Waals surface area (Å²) in [5, 5.41) is 0. The molecule has 0 saturated carbocycles. The van der Waals surface area contributed by atoms with Crippen LogP contribution >= 0.6 is 0 Å². The Morgan fingerprint density at radius 2 is 2.25 bits per heavy atom. The lowest BCUT2D eigenvalue weighted by molar-refractivity contribution is 0.0593. The predicted octanol–water partition coefficient (Wildman–Crippen LogP) is 1.83. The highest BCUT2D eigenvalue weighted by Gasteiger charge is 2.11. The first kappa shape index (κ1) is 10.4. The van der Waals surface area contributed by atoms with Gasteiger partial charge in [-0.1, -0.05) is 0 Å². The lowest BCUT2D eigenvalue weighted by atomic mass is 10.2. The number of ether oxygens (including phenoxy) is 1. The Hall–Kier alpha value is -2.17. The van der Waals surface area contributed by atoms with Crippen LogP contribution in [-0.4, -0.2) is 23.0 Å². The van der Waals surface area contributed by atoms with Crippen molar-refractivity contribution in [3.05, 3.63) is 36.2 Å². The van der Waals surface area contributed by atoms with E-state index in [2.05, 4.69) is 14.7 Å². The number of carbonyl (C=O) groups is 1. The van der Waals surface area contributed by atoms with Gasteiger partial charge in [-0.05, 0) is 19.1 Å². The number of rotatable bonds is 2. The van der Waals surface area contributed by atoms with Crippen molar-refractivity contribution in [2.75, 3.05) is 7.11 Å². The van der Waals surface area contributed by atoms with Gasteiger partial charge in [-0.2, -0.15) is 0 Å². The number of esters is 1. The monoisotopic (exact) mass is 218 g/mol. The molecule has 0 aliphatic heterocycles. The number of aromatic nitrogens is 2. The van der Waals surface area contributed by atoms with Gasteiger partial charge in [0.15, 0.2) is 5.69 Å². The van der Waals surface area contributed by atoms with E-state index in [0.717, 1.165) is 5.56 Å². The first-order valence-electron chi connectivity index (χ1n) is 4.67. The summed E-state index contributed by atoms with van der Waals surface area (Å²) in [6.07, 6.45) is 3.10. The normalized spacial score (nSPS) is 10.1. The van der Waals surface area contributed by atoms with Crippen LogP contribution in [0.15, 0.2) is 29.1 Å². The van der Waals surface area contributed by atoms with Gasteiger partial charge >= 0.3 is 5.97 Å². The Labute approximate surface area is 92.1 Å². The molecule has 0 fully saturated rings. The molecule has 0 N–H and O–H groups in total. The molecule has 0 radical (unpaired) electrons. The van der Waals surface area contributed by atoms with E-state index in [1.54, 1.807) is 31.6 Å². The van der Waals surface area contributed by atoms with Crippen molar-refractivity contribution in [3.8, 4) is 11.3 Å². The summed E-state index contributed by atoms with van der Waals surface area (Å²) < 4.78 is 9.57. The zero-order valence-electron chi connectivity index (χ0n) is 8.93. The number of methoxy groups -OCH3 is 1. The SMILES string of the molecule is COC(=O)c1cc(-c2ccoc2)nc(C)n1. The second kappa shape index (κ2) is 4.14. The van der Waals surface area contributed by atoms with Gasteiger partial charge in [-0.25, -0.2) is 14.8 Å². The lowest BCUT2D eigenvalue weighted by Gasteiger charge is -2.02. The van der Waals surface area contributed by atoms with Crippen LogP contribution in [0.1, 0.15) is 16.3 Å². The molecule has 0 aromatic carbocycles. The van der Waals surface area contributed by atoms with E-state index >= 15 is 0 Å².